The molecule has 3 unspecified atom stereocenters. The Kier molecular flexibility index (Phi) is 5.32. The number of rotatable bonds is 6. The maximum atomic E-state index is 12.6. The number of likely N-dealkylation sites (tertiary alicyclic amines) is 1. The highest BCUT2D eigenvalue weighted by atomic mass is 32.2. The number of carbonyl (C=O) groups is 1. The summed E-state index contributed by atoms with van der Waals surface area (Å²) in [4.78, 5) is 18.5. The second-order valence-corrected chi connectivity index (χ2v) is 9.16. The van der Waals surface area contributed by atoms with Crippen molar-refractivity contribution in [3.63, 3.8) is 0 Å². The summed E-state index contributed by atoms with van der Waals surface area (Å²) in [7, 11) is -3.64. The molecular formula is C20H24N4O3S. The minimum atomic E-state index is -3.64. The number of pyridine rings is 1. The number of hydrogen-bond acceptors (Lipinski definition) is 4. The molecule has 2 bridgehead atoms. The second-order valence-electron chi connectivity index (χ2n) is 7.44. The third kappa shape index (κ3) is 4.02. The Bertz CT molecular complexity index is 921. The molecule has 7 nitrogen and oxygen atoms in total. The number of piperidine rings is 1. The van der Waals surface area contributed by atoms with Crippen LogP contribution in [-0.4, -0.2) is 49.5 Å². The van der Waals surface area contributed by atoms with Crippen molar-refractivity contribution in [2.24, 2.45) is 5.92 Å². The molecule has 1 saturated heterocycles. The fourth-order valence-electron chi connectivity index (χ4n) is 4.22. The van der Waals surface area contributed by atoms with Gasteiger partial charge in [-0.2, -0.15) is 0 Å². The summed E-state index contributed by atoms with van der Waals surface area (Å²) in [5, 5.41) is 2.97. The van der Waals surface area contributed by atoms with E-state index in [2.05, 4.69) is 15.0 Å². The number of nitrogens with zero attached hydrogens (tertiary/aromatic N) is 2. The molecule has 1 aliphatic carbocycles. The first-order valence-electron chi connectivity index (χ1n) is 9.54. The van der Waals surface area contributed by atoms with Crippen LogP contribution in [0, 0.1) is 5.92 Å². The molecule has 3 atom stereocenters. The number of nitrogens with one attached hydrogen (secondary N) is 2. The lowest BCUT2D eigenvalue weighted by atomic mass is 10.1. The fraction of sp³-hybridized carbons (Fsp3) is 0.400. The van der Waals surface area contributed by atoms with Gasteiger partial charge in [0.15, 0.2) is 0 Å². The number of sulfonamides is 1. The van der Waals surface area contributed by atoms with Crippen LogP contribution in [0.3, 0.4) is 0 Å². The molecular weight excluding hydrogens is 376 g/mol. The predicted octanol–water partition coefficient (Wildman–Crippen LogP) is 1.77. The van der Waals surface area contributed by atoms with Crippen LogP contribution < -0.4 is 10.0 Å². The van der Waals surface area contributed by atoms with Gasteiger partial charge < -0.3 is 10.2 Å². The highest BCUT2D eigenvalue weighted by Gasteiger charge is 2.48. The van der Waals surface area contributed by atoms with Gasteiger partial charge in [0.25, 0.3) is 0 Å². The van der Waals surface area contributed by atoms with Crippen molar-refractivity contribution in [1.29, 1.82) is 0 Å². The molecule has 2 fully saturated rings. The van der Waals surface area contributed by atoms with Crippen LogP contribution in [0.5, 0.6) is 0 Å². The summed E-state index contributed by atoms with van der Waals surface area (Å²) in [6.45, 7) is 1.25. The van der Waals surface area contributed by atoms with Crippen LogP contribution in [0.1, 0.15) is 18.4 Å². The summed E-state index contributed by atoms with van der Waals surface area (Å²) in [5.41, 5.74) is 1.17. The molecule has 1 saturated carbocycles. The largest absolute Gasteiger partial charge is 0.338 e. The first kappa shape index (κ1) is 18.9. The van der Waals surface area contributed by atoms with Gasteiger partial charge in [-0.05, 0) is 42.9 Å². The molecule has 8 heteroatoms. The van der Waals surface area contributed by atoms with Crippen molar-refractivity contribution >= 4 is 16.1 Å². The van der Waals surface area contributed by atoms with E-state index in [4.69, 9.17) is 0 Å². The Balaban J connectivity index is 1.35. The van der Waals surface area contributed by atoms with Crippen LogP contribution in [0.25, 0.3) is 0 Å². The van der Waals surface area contributed by atoms with Gasteiger partial charge in [0, 0.05) is 31.5 Å². The van der Waals surface area contributed by atoms with Crippen LogP contribution in [0.2, 0.25) is 0 Å². The number of amides is 2. The number of aromatic nitrogens is 1. The van der Waals surface area contributed by atoms with E-state index in [1.807, 2.05) is 30.3 Å². The number of urea groups is 1. The zero-order valence-corrected chi connectivity index (χ0v) is 16.3. The standard InChI is InChI=1S/C20H24N4O3S/c25-20(22-10-8-15-5-2-1-3-6-15)24-14-16-11-18(19(24)12-16)23-28(26,27)17-7-4-9-21-13-17/h1-7,9,13,16,18-19,23H,8,10-12,14H2,(H,22,25). The monoisotopic (exact) mass is 400 g/mol. The Hall–Kier alpha value is -2.45. The molecule has 4 rings (SSSR count). The predicted molar refractivity (Wildman–Crippen MR) is 105 cm³/mol. The molecule has 2 N–H and O–H groups in total. The Morgan fingerprint density at radius 1 is 1.14 bits per heavy atom. The van der Waals surface area contributed by atoms with E-state index in [1.165, 1.54) is 24.0 Å². The molecule has 148 valence electrons. The van der Waals surface area contributed by atoms with E-state index >= 15 is 0 Å². The minimum absolute atomic E-state index is 0.104. The Morgan fingerprint density at radius 3 is 2.68 bits per heavy atom. The number of benzene rings is 1. The highest BCUT2D eigenvalue weighted by Crippen LogP contribution is 2.38. The molecule has 0 spiro atoms. The maximum Gasteiger partial charge on any atom is 0.317 e. The fourth-order valence-corrected chi connectivity index (χ4v) is 5.46. The van der Waals surface area contributed by atoms with E-state index in [-0.39, 0.29) is 23.0 Å². The van der Waals surface area contributed by atoms with E-state index in [1.54, 1.807) is 11.0 Å². The molecule has 2 heterocycles. The molecule has 1 aromatic carbocycles. The topological polar surface area (TPSA) is 91.4 Å². The zero-order chi connectivity index (χ0) is 19.6. The average Bonchev–Trinajstić information content (AvgIpc) is 3.29. The second kappa shape index (κ2) is 7.89. The molecule has 2 amide bonds. The van der Waals surface area contributed by atoms with Crippen molar-refractivity contribution in [2.45, 2.75) is 36.2 Å². The smallest absolute Gasteiger partial charge is 0.317 e. The average molecular weight is 401 g/mol. The molecule has 0 radical (unpaired) electrons. The van der Waals surface area contributed by atoms with E-state index in [9.17, 15) is 13.2 Å². The van der Waals surface area contributed by atoms with Gasteiger partial charge in [-0.25, -0.2) is 17.9 Å². The van der Waals surface area contributed by atoms with Gasteiger partial charge in [-0.3, -0.25) is 4.98 Å². The normalized spacial score (nSPS) is 23.7. The quantitative estimate of drug-likeness (QED) is 0.773. The number of fused-ring (bicyclic) bond motifs is 2. The van der Waals surface area contributed by atoms with E-state index in [0.29, 0.717) is 19.0 Å². The molecule has 28 heavy (non-hydrogen) atoms. The van der Waals surface area contributed by atoms with Gasteiger partial charge in [0.2, 0.25) is 10.0 Å². The summed E-state index contributed by atoms with van der Waals surface area (Å²) < 4.78 is 28.0. The van der Waals surface area contributed by atoms with Gasteiger partial charge in [0.1, 0.15) is 4.90 Å². The zero-order valence-electron chi connectivity index (χ0n) is 15.5. The van der Waals surface area contributed by atoms with Crippen LogP contribution in [0.15, 0.2) is 59.8 Å². The van der Waals surface area contributed by atoms with Crippen molar-refractivity contribution in [3.05, 3.63) is 60.4 Å². The van der Waals surface area contributed by atoms with Crippen molar-refractivity contribution in [3.8, 4) is 0 Å². The first-order valence-corrected chi connectivity index (χ1v) is 11.0. The lowest BCUT2D eigenvalue weighted by Gasteiger charge is -2.33. The summed E-state index contributed by atoms with van der Waals surface area (Å²) in [6.07, 6.45) is 5.25. The van der Waals surface area contributed by atoms with Crippen molar-refractivity contribution < 1.29 is 13.2 Å². The Labute approximate surface area is 165 Å². The summed E-state index contributed by atoms with van der Waals surface area (Å²) in [6, 6.07) is 12.6. The summed E-state index contributed by atoms with van der Waals surface area (Å²) >= 11 is 0. The minimum Gasteiger partial charge on any atom is -0.338 e. The third-order valence-electron chi connectivity index (χ3n) is 5.53. The first-order chi connectivity index (χ1) is 13.5. The lowest BCUT2D eigenvalue weighted by Crippen LogP contribution is -2.54. The molecule has 2 aliphatic rings. The maximum absolute atomic E-state index is 12.6. The summed E-state index contributed by atoms with van der Waals surface area (Å²) in [5.74, 6) is 0.339. The molecule has 2 aromatic rings. The van der Waals surface area contributed by atoms with Gasteiger partial charge in [-0.15, -0.1) is 0 Å². The SMILES string of the molecule is O=C(NCCc1ccccc1)N1CC2CC(NS(=O)(=O)c3cccnc3)C1C2. The Morgan fingerprint density at radius 2 is 1.96 bits per heavy atom. The van der Waals surface area contributed by atoms with Crippen LogP contribution >= 0.6 is 0 Å². The van der Waals surface area contributed by atoms with Crippen molar-refractivity contribution in [1.82, 2.24) is 19.9 Å². The van der Waals surface area contributed by atoms with Crippen molar-refractivity contribution in [2.75, 3.05) is 13.1 Å². The third-order valence-corrected chi connectivity index (χ3v) is 7.00. The van der Waals surface area contributed by atoms with E-state index < -0.39 is 10.0 Å². The van der Waals surface area contributed by atoms with Gasteiger partial charge in [0.05, 0.1) is 6.04 Å². The number of hydrogen-bond donors (Lipinski definition) is 2. The van der Waals surface area contributed by atoms with Crippen LogP contribution in [0.4, 0.5) is 4.79 Å². The number of carbonyl (C=O) groups excluding carboxylic acids is 1. The molecule has 1 aromatic heterocycles. The highest BCUT2D eigenvalue weighted by molar-refractivity contribution is 7.89. The van der Waals surface area contributed by atoms with E-state index in [0.717, 1.165) is 19.3 Å². The van der Waals surface area contributed by atoms with Gasteiger partial charge >= 0.3 is 6.03 Å². The van der Waals surface area contributed by atoms with Gasteiger partial charge in [-0.1, -0.05) is 30.3 Å². The lowest BCUT2D eigenvalue weighted by molar-refractivity contribution is 0.170. The van der Waals surface area contributed by atoms with Crippen LogP contribution in [-0.2, 0) is 16.4 Å². The molecule has 1 aliphatic heterocycles.